The highest BCUT2D eigenvalue weighted by molar-refractivity contribution is 5.59. The van der Waals surface area contributed by atoms with Crippen molar-refractivity contribution in [3.63, 3.8) is 0 Å². The smallest absolute Gasteiger partial charge is 0.123 e. The van der Waals surface area contributed by atoms with Gasteiger partial charge in [0, 0.05) is 17.8 Å². The standard InChI is InChI=1S/C15H20N4/c1-11(12-4-2-3-5-12)19-10-17-9-14(19)13-6-7-15(16)18-8-13/h6-12H,2-5H2,1H3,(H2,16,18). The Hall–Kier alpha value is -1.84. The Bertz CT molecular complexity index is 538. The summed E-state index contributed by atoms with van der Waals surface area (Å²) in [5.41, 5.74) is 7.86. The van der Waals surface area contributed by atoms with Gasteiger partial charge in [0.15, 0.2) is 0 Å². The second-order valence-corrected chi connectivity index (χ2v) is 5.44. The number of nitrogen functional groups attached to an aromatic ring is 1. The predicted molar refractivity (Wildman–Crippen MR) is 76.5 cm³/mol. The highest BCUT2D eigenvalue weighted by atomic mass is 15.1. The van der Waals surface area contributed by atoms with E-state index in [1.165, 1.54) is 25.7 Å². The minimum Gasteiger partial charge on any atom is -0.384 e. The molecule has 0 amide bonds. The summed E-state index contributed by atoms with van der Waals surface area (Å²) in [5, 5.41) is 0. The van der Waals surface area contributed by atoms with Crippen molar-refractivity contribution < 1.29 is 0 Å². The first kappa shape index (κ1) is 12.2. The monoisotopic (exact) mass is 256 g/mol. The van der Waals surface area contributed by atoms with Crippen molar-refractivity contribution in [2.24, 2.45) is 5.92 Å². The van der Waals surface area contributed by atoms with Crippen molar-refractivity contribution in [1.82, 2.24) is 14.5 Å². The molecule has 0 aliphatic heterocycles. The van der Waals surface area contributed by atoms with Crippen LogP contribution < -0.4 is 5.73 Å². The minimum atomic E-state index is 0.498. The van der Waals surface area contributed by atoms with Crippen molar-refractivity contribution in [1.29, 1.82) is 0 Å². The molecular formula is C15H20N4. The fraction of sp³-hybridized carbons (Fsp3) is 0.467. The number of hydrogen-bond donors (Lipinski definition) is 1. The zero-order valence-electron chi connectivity index (χ0n) is 11.3. The van der Waals surface area contributed by atoms with Crippen LogP contribution in [0.25, 0.3) is 11.3 Å². The first-order valence-corrected chi connectivity index (χ1v) is 6.99. The maximum atomic E-state index is 5.64. The van der Waals surface area contributed by atoms with E-state index in [4.69, 9.17) is 5.73 Å². The Labute approximate surface area is 113 Å². The molecule has 1 fully saturated rings. The Morgan fingerprint density at radius 1 is 1.26 bits per heavy atom. The molecule has 0 radical (unpaired) electrons. The quantitative estimate of drug-likeness (QED) is 0.916. The number of aromatic nitrogens is 3. The summed E-state index contributed by atoms with van der Waals surface area (Å²) in [4.78, 5) is 8.49. The van der Waals surface area contributed by atoms with Gasteiger partial charge in [-0.1, -0.05) is 12.8 Å². The van der Waals surface area contributed by atoms with Gasteiger partial charge in [0.05, 0.1) is 18.2 Å². The molecule has 4 nitrogen and oxygen atoms in total. The fourth-order valence-corrected chi connectivity index (χ4v) is 3.08. The molecule has 1 atom stereocenters. The van der Waals surface area contributed by atoms with E-state index >= 15 is 0 Å². The fourth-order valence-electron chi connectivity index (χ4n) is 3.08. The molecule has 2 aromatic heterocycles. The molecule has 19 heavy (non-hydrogen) atoms. The number of pyridine rings is 1. The molecule has 100 valence electrons. The van der Waals surface area contributed by atoms with Crippen LogP contribution in [-0.4, -0.2) is 14.5 Å². The van der Waals surface area contributed by atoms with E-state index in [-0.39, 0.29) is 0 Å². The summed E-state index contributed by atoms with van der Waals surface area (Å²) in [6.45, 7) is 2.30. The highest BCUT2D eigenvalue weighted by Gasteiger charge is 2.24. The summed E-state index contributed by atoms with van der Waals surface area (Å²) < 4.78 is 2.28. The lowest BCUT2D eigenvalue weighted by molar-refractivity contribution is 0.363. The summed E-state index contributed by atoms with van der Waals surface area (Å²) >= 11 is 0. The second kappa shape index (κ2) is 5.03. The third-order valence-corrected chi connectivity index (χ3v) is 4.27. The molecule has 1 aliphatic rings. The van der Waals surface area contributed by atoms with Gasteiger partial charge in [-0.15, -0.1) is 0 Å². The first-order valence-electron chi connectivity index (χ1n) is 6.99. The summed E-state index contributed by atoms with van der Waals surface area (Å²) in [6, 6.07) is 4.35. The average Bonchev–Trinajstić information content (AvgIpc) is 3.10. The number of nitrogens with two attached hydrogens (primary N) is 1. The van der Waals surface area contributed by atoms with Crippen molar-refractivity contribution in [3.8, 4) is 11.3 Å². The predicted octanol–water partition coefficient (Wildman–Crippen LogP) is 3.28. The lowest BCUT2D eigenvalue weighted by atomic mass is 9.99. The third kappa shape index (κ3) is 2.35. The van der Waals surface area contributed by atoms with E-state index in [1.54, 1.807) is 0 Å². The molecule has 0 saturated heterocycles. The van der Waals surface area contributed by atoms with Crippen molar-refractivity contribution in [2.45, 2.75) is 38.6 Å². The number of rotatable bonds is 3. The van der Waals surface area contributed by atoms with E-state index in [1.807, 2.05) is 30.9 Å². The molecular weight excluding hydrogens is 236 g/mol. The van der Waals surface area contributed by atoms with Gasteiger partial charge in [-0.25, -0.2) is 9.97 Å². The van der Waals surface area contributed by atoms with Crippen LogP contribution in [0.2, 0.25) is 0 Å². The van der Waals surface area contributed by atoms with Crippen LogP contribution in [0, 0.1) is 5.92 Å². The molecule has 0 spiro atoms. The molecule has 3 rings (SSSR count). The maximum absolute atomic E-state index is 5.64. The van der Waals surface area contributed by atoms with E-state index in [0.717, 1.165) is 17.2 Å². The van der Waals surface area contributed by atoms with E-state index in [9.17, 15) is 0 Å². The van der Waals surface area contributed by atoms with Gasteiger partial charge in [0.25, 0.3) is 0 Å². The molecule has 1 unspecified atom stereocenters. The Kier molecular flexibility index (Phi) is 3.23. The lowest BCUT2D eigenvalue weighted by Gasteiger charge is -2.22. The number of imidazole rings is 1. The molecule has 2 N–H and O–H groups in total. The zero-order valence-corrected chi connectivity index (χ0v) is 11.3. The average molecular weight is 256 g/mol. The minimum absolute atomic E-state index is 0.498. The highest BCUT2D eigenvalue weighted by Crippen LogP contribution is 2.36. The van der Waals surface area contributed by atoms with Crippen LogP contribution in [0.5, 0.6) is 0 Å². The SMILES string of the molecule is CC(C1CCCC1)n1cncc1-c1ccc(N)nc1. The Morgan fingerprint density at radius 2 is 2.05 bits per heavy atom. The molecule has 1 saturated carbocycles. The number of anilines is 1. The number of hydrogen-bond acceptors (Lipinski definition) is 3. The van der Waals surface area contributed by atoms with Crippen LogP contribution in [-0.2, 0) is 0 Å². The molecule has 2 aromatic rings. The molecule has 4 heteroatoms. The summed E-state index contributed by atoms with van der Waals surface area (Å²) in [7, 11) is 0. The van der Waals surface area contributed by atoms with Gasteiger partial charge in [-0.3, -0.25) is 0 Å². The van der Waals surface area contributed by atoms with Gasteiger partial charge >= 0.3 is 0 Å². The summed E-state index contributed by atoms with van der Waals surface area (Å²) in [5.74, 6) is 1.33. The van der Waals surface area contributed by atoms with E-state index in [0.29, 0.717) is 11.9 Å². The lowest BCUT2D eigenvalue weighted by Crippen LogP contribution is -2.14. The third-order valence-electron chi connectivity index (χ3n) is 4.27. The van der Waals surface area contributed by atoms with Gasteiger partial charge < -0.3 is 10.3 Å². The Balaban J connectivity index is 1.91. The first-order chi connectivity index (χ1) is 9.25. The van der Waals surface area contributed by atoms with Crippen LogP contribution >= 0.6 is 0 Å². The van der Waals surface area contributed by atoms with Gasteiger partial charge in [-0.2, -0.15) is 0 Å². The molecule has 2 heterocycles. The normalized spacial score (nSPS) is 17.7. The molecule has 0 bridgehead atoms. The molecule has 1 aliphatic carbocycles. The van der Waals surface area contributed by atoms with Gasteiger partial charge in [-0.05, 0) is 37.8 Å². The second-order valence-electron chi connectivity index (χ2n) is 5.44. The van der Waals surface area contributed by atoms with E-state index in [2.05, 4.69) is 21.5 Å². The van der Waals surface area contributed by atoms with Crippen LogP contribution in [0.15, 0.2) is 30.9 Å². The van der Waals surface area contributed by atoms with Crippen molar-refractivity contribution in [2.75, 3.05) is 5.73 Å². The number of nitrogens with zero attached hydrogens (tertiary/aromatic N) is 3. The van der Waals surface area contributed by atoms with E-state index < -0.39 is 0 Å². The Morgan fingerprint density at radius 3 is 2.74 bits per heavy atom. The van der Waals surface area contributed by atoms with Crippen LogP contribution in [0.4, 0.5) is 5.82 Å². The zero-order chi connectivity index (χ0) is 13.2. The molecule has 0 aromatic carbocycles. The van der Waals surface area contributed by atoms with Gasteiger partial charge in [0.2, 0.25) is 0 Å². The topological polar surface area (TPSA) is 56.7 Å². The van der Waals surface area contributed by atoms with Gasteiger partial charge in [0.1, 0.15) is 5.82 Å². The largest absolute Gasteiger partial charge is 0.384 e. The van der Waals surface area contributed by atoms with Crippen molar-refractivity contribution in [3.05, 3.63) is 30.9 Å². The van der Waals surface area contributed by atoms with Crippen molar-refractivity contribution >= 4 is 5.82 Å². The van der Waals surface area contributed by atoms with Crippen LogP contribution in [0.3, 0.4) is 0 Å². The maximum Gasteiger partial charge on any atom is 0.123 e. The summed E-state index contributed by atoms with van der Waals surface area (Å²) in [6.07, 6.45) is 11.1. The van der Waals surface area contributed by atoms with Crippen LogP contribution in [0.1, 0.15) is 38.6 Å².